The quantitative estimate of drug-likeness (QED) is 0.840. The van der Waals surface area contributed by atoms with E-state index in [4.69, 9.17) is 0 Å². The van der Waals surface area contributed by atoms with E-state index < -0.39 is 4.75 Å². The van der Waals surface area contributed by atoms with Gasteiger partial charge in [-0.2, -0.15) is 5.10 Å². The number of aryl methyl sites for hydroxylation is 2. The lowest BCUT2D eigenvalue weighted by Crippen LogP contribution is -2.49. The van der Waals surface area contributed by atoms with Crippen LogP contribution in [-0.2, 0) is 16.1 Å². The first-order chi connectivity index (χ1) is 11.4. The van der Waals surface area contributed by atoms with Crippen molar-refractivity contribution in [3.05, 3.63) is 35.7 Å². The van der Waals surface area contributed by atoms with E-state index in [9.17, 15) is 9.59 Å². The molecule has 1 aliphatic rings. The third kappa shape index (κ3) is 2.58. The Kier molecular flexibility index (Phi) is 4.13. The lowest BCUT2D eigenvalue weighted by atomic mass is 10.1. The molecule has 0 saturated carbocycles. The van der Waals surface area contributed by atoms with Gasteiger partial charge in [-0.05, 0) is 39.8 Å². The minimum absolute atomic E-state index is 0.318. The monoisotopic (exact) mass is 344 g/mol. The Labute approximate surface area is 145 Å². The Bertz CT molecular complexity index is 830. The first-order valence-electron chi connectivity index (χ1n) is 7.81. The van der Waals surface area contributed by atoms with E-state index >= 15 is 0 Å². The van der Waals surface area contributed by atoms with Gasteiger partial charge in [-0.3, -0.25) is 14.3 Å². The molecule has 7 heteroatoms. The Morgan fingerprint density at radius 2 is 2.08 bits per heavy atom. The highest BCUT2D eigenvalue weighted by Gasteiger charge is 2.46. The summed E-state index contributed by atoms with van der Waals surface area (Å²) in [7, 11) is 0. The molecule has 0 saturated heterocycles. The standard InChI is InChI=1S/C17H20N4O2S/c1-5-21-11(3)14(10(2)20-21)19-16(23)17(4)15(22)18-12-8-6-7-9-13(12)24-17/h6-9H,5H2,1-4H3,(H,18,22)(H,19,23)/t17-/m0/s1. The summed E-state index contributed by atoms with van der Waals surface area (Å²) < 4.78 is 0.595. The summed E-state index contributed by atoms with van der Waals surface area (Å²) in [5.74, 6) is -0.664. The van der Waals surface area contributed by atoms with E-state index in [2.05, 4.69) is 15.7 Å². The summed E-state index contributed by atoms with van der Waals surface area (Å²) in [6.07, 6.45) is 0. The van der Waals surface area contributed by atoms with Crippen LogP contribution in [0.4, 0.5) is 11.4 Å². The lowest BCUT2D eigenvalue weighted by molar-refractivity contribution is -0.126. The van der Waals surface area contributed by atoms with Crippen LogP contribution < -0.4 is 10.6 Å². The predicted molar refractivity (Wildman–Crippen MR) is 95.3 cm³/mol. The number of thioether (sulfide) groups is 1. The molecule has 1 aromatic heterocycles. The van der Waals surface area contributed by atoms with Gasteiger partial charge in [-0.15, -0.1) is 0 Å². The molecule has 1 aromatic carbocycles. The normalized spacial score (nSPS) is 19.6. The molecule has 2 heterocycles. The first kappa shape index (κ1) is 16.6. The van der Waals surface area contributed by atoms with E-state index in [0.29, 0.717) is 5.69 Å². The van der Waals surface area contributed by atoms with Gasteiger partial charge in [0.2, 0.25) is 11.8 Å². The molecular weight excluding hydrogens is 324 g/mol. The molecule has 0 radical (unpaired) electrons. The number of rotatable bonds is 3. The van der Waals surface area contributed by atoms with Gasteiger partial charge in [0.1, 0.15) is 0 Å². The zero-order chi connectivity index (χ0) is 17.5. The van der Waals surface area contributed by atoms with Crippen molar-refractivity contribution in [2.75, 3.05) is 10.6 Å². The summed E-state index contributed by atoms with van der Waals surface area (Å²) in [6, 6.07) is 7.48. The number of amides is 2. The largest absolute Gasteiger partial charge is 0.323 e. The molecular formula is C17H20N4O2S. The minimum Gasteiger partial charge on any atom is -0.323 e. The maximum atomic E-state index is 12.9. The Morgan fingerprint density at radius 3 is 2.75 bits per heavy atom. The number of carbonyl (C=O) groups is 2. The molecule has 0 fully saturated rings. The van der Waals surface area contributed by atoms with Crippen molar-refractivity contribution >= 4 is 35.0 Å². The van der Waals surface area contributed by atoms with Crippen molar-refractivity contribution in [2.45, 2.75) is 43.9 Å². The lowest BCUT2D eigenvalue weighted by Gasteiger charge is -2.31. The topological polar surface area (TPSA) is 76.0 Å². The molecule has 2 aromatic rings. The number of fused-ring (bicyclic) bond motifs is 1. The van der Waals surface area contributed by atoms with Crippen LogP contribution in [0.3, 0.4) is 0 Å². The average molecular weight is 344 g/mol. The van der Waals surface area contributed by atoms with Crippen molar-refractivity contribution in [3.8, 4) is 0 Å². The van der Waals surface area contributed by atoms with E-state index in [1.54, 1.807) is 6.92 Å². The molecule has 0 unspecified atom stereocenters. The fourth-order valence-electron chi connectivity index (χ4n) is 2.73. The maximum absolute atomic E-state index is 12.9. The molecule has 2 N–H and O–H groups in total. The smallest absolute Gasteiger partial charge is 0.250 e. The second-order valence-corrected chi connectivity index (χ2v) is 7.36. The number of aromatic nitrogens is 2. The van der Waals surface area contributed by atoms with Crippen LogP contribution in [0.25, 0.3) is 0 Å². The molecule has 3 rings (SSSR count). The van der Waals surface area contributed by atoms with Gasteiger partial charge in [0, 0.05) is 11.4 Å². The highest BCUT2D eigenvalue weighted by Crippen LogP contribution is 2.43. The third-order valence-electron chi connectivity index (χ3n) is 4.24. The third-order valence-corrected chi connectivity index (χ3v) is 5.59. The molecule has 0 bridgehead atoms. The molecule has 24 heavy (non-hydrogen) atoms. The SMILES string of the molecule is CCn1nc(C)c(NC(=O)[C@@]2(C)Sc3ccccc3NC2=O)c1C. The first-order valence-corrected chi connectivity index (χ1v) is 8.63. The van der Waals surface area contributed by atoms with Crippen molar-refractivity contribution in [1.82, 2.24) is 9.78 Å². The zero-order valence-electron chi connectivity index (χ0n) is 14.1. The molecule has 2 amide bonds. The summed E-state index contributed by atoms with van der Waals surface area (Å²) in [6.45, 7) is 8.12. The van der Waals surface area contributed by atoms with Gasteiger partial charge in [0.05, 0.1) is 22.8 Å². The predicted octanol–water partition coefficient (Wildman–Crippen LogP) is 2.96. The van der Waals surface area contributed by atoms with Gasteiger partial charge in [-0.25, -0.2) is 0 Å². The van der Waals surface area contributed by atoms with Crippen LogP contribution in [0, 0.1) is 13.8 Å². The van der Waals surface area contributed by atoms with Crippen molar-refractivity contribution < 1.29 is 9.59 Å². The van der Waals surface area contributed by atoms with Crippen molar-refractivity contribution in [2.24, 2.45) is 0 Å². The van der Waals surface area contributed by atoms with Gasteiger partial charge < -0.3 is 10.6 Å². The van der Waals surface area contributed by atoms with Gasteiger partial charge in [0.15, 0.2) is 4.75 Å². The zero-order valence-corrected chi connectivity index (χ0v) is 15.0. The Hall–Kier alpha value is -2.28. The second-order valence-electron chi connectivity index (χ2n) is 5.90. The summed E-state index contributed by atoms with van der Waals surface area (Å²) in [5, 5.41) is 10.1. The van der Waals surface area contributed by atoms with Crippen LogP contribution in [0.2, 0.25) is 0 Å². The minimum atomic E-state index is -1.23. The highest BCUT2D eigenvalue weighted by molar-refractivity contribution is 8.02. The van der Waals surface area contributed by atoms with E-state index in [-0.39, 0.29) is 11.8 Å². The Balaban J connectivity index is 1.90. The van der Waals surface area contributed by atoms with Crippen LogP contribution in [-0.4, -0.2) is 26.3 Å². The number of anilines is 2. The molecule has 126 valence electrons. The Morgan fingerprint density at radius 1 is 1.38 bits per heavy atom. The molecule has 6 nitrogen and oxygen atoms in total. The van der Waals surface area contributed by atoms with E-state index in [1.807, 2.05) is 49.7 Å². The van der Waals surface area contributed by atoms with Crippen LogP contribution in [0.1, 0.15) is 25.2 Å². The van der Waals surface area contributed by atoms with Crippen LogP contribution in [0.15, 0.2) is 29.2 Å². The highest BCUT2D eigenvalue weighted by atomic mass is 32.2. The van der Waals surface area contributed by atoms with Gasteiger partial charge in [0.25, 0.3) is 0 Å². The average Bonchev–Trinajstić information content (AvgIpc) is 2.83. The fraction of sp³-hybridized carbons (Fsp3) is 0.353. The van der Waals surface area contributed by atoms with Crippen molar-refractivity contribution in [3.63, 3.8) is 0 Å². The summed E-state index contributed by atoms with van der Waals surface area (Å²) >= 11 is 1.27. The van der Waals surface area contributed by atoms with Crippen molar-refractivity contribution in [1.29, 1.82) is 0 Å². The fourth-order valence-corrected chi connectivity index (χ4v) is 3.84. The summed E-state index contributed by atoms with van der Waals surface area (Å²) in [4.78, 5) is 26.3. The number of carbonyl (C=O) groups excluding carboxylic acids is 2. The van der Waals surface area contributed by atoms with E-state index in [1.165, 1.54) is 11.8 Å². The number of benzene rings is 1. The number of hydrogen-bond donors (Lipinski definition) is 2. The number of nitrogens with one attached hydrogen (secondary N) is 2. The van der Waals surface area contributed by atoms with Crippen LogP contribution >= 0.6 is 11.8 Å². The number of nitrogens with zero attached hydrogens (tertiary/aromatic N) is 2. The number of para-hydroxylation sites is 1. The van der Waals surface area contributed by atoms with E-state index in [0.717, 1.165) is 28.5 Å². The molecule has 0 spiro atoms. The number of hydrogen-bond acceptors (Lipinski definition) is 4. The molecule has 1 aliphatic heterocycles. The van der Waals surface area contributed by atoms with Gasteiger partial charge in [-0.1, -0.05) is 23.9 Å². The maximum Gasteiger partial charge on any atom is 0.250 e. The van der Waals surface area contributed by atoms with Crippen LogP contribution in [0.5, 0.6) is 0 Å². The summed E-state index contributed by atoms with van der Waals surface area (Å²) in [5.41, 5.74) is 3.04. The van der Waals surface area contributed by atoms with Gasteiger partial charge >= 0.3 is 0 Å². The second kappa shape index (κ2) is 5.98. The molecule has 0 aliphatic carbocycles. The molecule has 1 atom stereocenters.